The molecule has 4 atom stereocenters. The molecule has 2 aromatic rings. The van der Waals surface area contributed by atoms with Gasteiger partial charge in [-0.1, -0.05) is 12.1 Å². The molecule has 4 rings (SSSR count). The monoisotopic (exact) mass is 381 g/mol. The molecule has 2 N–H and O–H groups in total. The summed E-state index contributed by atoms with van der Waals surface area (Å²) < 4.78 is 58.8. The van der Waals surface area contributed by atoms with E-state index >= 15 is 0 Å². The van der Waals surface area contributed by atoms with Crippen LogP contribution in [0.5, 0.6) is 0 Å². The molecular formula is C20H19F4NO2. The van der Waals surface area contributed by atoms with Gasteiger partial charge in [-0.3, -0.25) is 0 Å². The molecule has 1 saturated heterocycles. The van der Waals surface area contributed by atoms with E-state index in [9.17, 15) is 22.7 Å². The van der Waals surface area contributed by atoms with Crippen molar-refractivity contribution in [3.63, 3.8) is 0 Å². The predicted octanol–water partition coefficient (Wildman–Crippen LogP) is 4.84. The number of hydrogen-bond donors (Lipinski definition) is 2. The predicted molar refractivity (Wildman–Crippen MR) is 91.6 cm³/mol. The molecule has 3 nitrogen and oxygen atoms in total. The minimum Gasteiger partial charge on any atom is -0.394 e. The molecule has 0 bridgehead atoms. The van der Waals surface area contributed by atoms with Gasteiger partial charge >= 0.3 is 6.18 Å². The van der Waals surface area contributed by atoms with Crippen molar-refractivity contribution >= 4 is 5.69 Å². The van der Waals surface area contributed by atoms with Gasteiger partial charge in [0.2, 0.25) is 0 Å². The minimum absolute atomic E-state index is 0.116. The smallest absolute Gasteiger partial charge is 0.394 e. The molecule has 2 aromatic carbocycles. The Labute approximate surface area is 154 Å². The summed E-state index contributed by atoms with van der Waals surface area (Å²) in [6.45, 7) is -0.174. The van der Waals surface area contributed by atoms with Gasteiger partial charge in [0.1, 0.15) is 5.82 Å². The van der Waals surface area contributed by atoms with Crippen molar-refractivity contribution in [3.8, 4) is 0 Å². The van der Waals surface area contributed by atoms with Crippen LogP contribution >= 0.6 is 0 Å². The summed E-state index contributed by atoms with van der Waals surface area (Å²) in [4.78, 5) is 0. The fourth-order valence-corrected chi connectivity index (χ4v) is 4.07. The number of halogens is 4. The van der Waals surface area contributed by atoms with Crippen molar-refractivity contribution in [3.05, 3.63) is 65.0 Å². The zero-order valence-corrected chi connectivity index (χ0v) is 14.3. The van der Waals surface area contributed by atoms with E-state index in [0.717, 1.165) is 17.7 Å². The second-order valence-electron chi connectivity index (χ2n) is 7.08. The number of benzene rings is 2. The van der Waals surface area contributed by atoms with E-state index in [1.807, 2.05) is 0 Å². The Bertz CT molecular complexity index is 822. The second kappa shape index (κ2) is 6.80. The number of ether oxygens (including phenoxy) is 1. The van der Waals surface area contributed by atoms with E-state index in [1.165, 1.54) is 18.2 Å². The number of alkyl halides is 3. The third kappa shape index (κ3) is 3.41. The second-order valence-corrected chi connectivity index (χ2v) is 7.08. The van der Waals surface area contributed by atoms with E-state index in [1.54, 1.807) is 12.1 Å². The van der Waals surface area contributed by atoms with Crippen LogP contribution in [0.3, 0.4) is 0 Å². The number of aliphatic hydroxyl groups excluding tert-OH is 1. The van der Waals surface area contributed by atoms with Crippen molar-refractivity contribution in [1.82, 2.24) is 0 Å². The number of nitrogens with one attached hydrogen (secondary N) is 1. The fraction of sp³-hybridized carbons (Fsp3) is 0.400. The largest absolute Gasteiger partial charge is 0.416 e. The molecule has 1 fully saturated rings. The summed E-state index contributed by atoms with van der Waals surface area (Å²) in [7, 11) is 0. The maximum Gasteiger partial charge on any atom is 0.416 e. The zero-order valence-electron chi connectivity index (χ0n) is 14.3. The number of fused-ring (bicyclic) bond motifs is 3. The van der Waals surface area contributed by atoms with Crippen LogP contribution in [0.25, 0.3) is 0 Å². The molecule has 0 spiro atoms. The Kier molecular flexibility index (Phi) is 4.60. The van der Waals surface area contributed by atoms with Crippen LogP contribution in [0.4, 0.5) is 23.2 Å². The van der Waals surface area contributed by atoms with E-state index in [4.69, 9.17) is 4.74 Å². The number of aliphatic hydroxyl groups is 1. The van der Waals surface area contributed by atoms with Crippen LogP contribution < -0.4 is 5.32 Å². The van der Waals surface area contributed by atoms with Gasteiger partial charge in [-0.05, 0) is 48.7 Å². The SMILES string of the molecule is OC[C@H]1CC[C@@H]2[C@H](O1)c1cc(C(F)(F)F)ccc1N[C@H]2c1ccc(F)cc1. The first-order valence-electron chi connectivity index (χ1n) is 8.86. The lowest BCUT2D eigenvalue weighted by Gasteiger charge is -2.45. The molecule has 0 unspecified atom stereocenters. The zero-order chi connectivity index (χ0) is 19.2. The van der Waals surface area contributed by atoms with Gasteiger partial charge < -0.3 is 15.2 Å². The topological polar surface area (TPSA) is 41.5 Å². The van der Waals surface area contributed by atoms with E-state index in [-0.39, 0.29) is 24.4 Å². The average molecular weight is 381 g/mol. The van der Waals surface area contributed by atoms with Gasteiger partial charge in [0.25, 0.3) is 0 Å². The first-order chi connectivity index (χ1) is 12.9. The molecule has 0 aliphatic carbocycles. The molecule has 144 valence electrons. The van der Waals surface area contributed by atoms with Crippen molar-refractivity contribution in [2.45, 2.75) is 37.3 Å². The van der Waals surface area contributed by atoms with Gasteiger partial charge in [0.15, 0.2) is 0 Å². The van der Waals surface area contributed by atoms with Gasteiger partial charge in [-0.25, -0.2) is 4.39 Å². The van der Waals surface area contributed by atoms with Gasteiger partial charge in [-0.15, -0.1) is 0 Å². The van der Waals surface area contributed by atoms with Gasteiger partial charge in [0.05, 0.1) is 30.4 Å². The highest BCUT2D eigenvalue weighted by atomic mass is 19.4. The third-order valence-corrected chi connectivity index (χ3v) is 5.41. The van der Waals surface area contributed by atoms with Crippen LogP contribution in [0, 0.1) is 11.7 Å². The van der Waals surface area contributed by atoms with E-state index in [0.29, 0.717) is 24.1 Å². The number of hydrogen-bond acceptors (Lipinski definition) is 3. The standard InChI is InChI=1S/C20H19F4NO2/c21-13-4-1-11(2-5-13)18-15-7-6-14(10-26)27-19(15)16-9-12(20(22,23)24)3-8-17(16)25-18/h1-5,8-9,14-15,18-19,25-26H,6-7,10H2/t14-,15+,18+,19+/m1/s1. The van der Waals surface area contributed by atoms with E-state index < -0.39 is 23.9 Å². The number of rotatable bonds is 2. The Morgan fingerprint density at radius 2 is 1.81 bits per heavy atom. The summed E-state index contributed by atoms with van der Waals surface area (Å²) in [5, 5.41) is 12.8. The molecule has 2 aliphatic rings. The lowest BCUT2D eigenvalue weighted by molar-refractivity contribution is -0.138. The van der Waals surface area contributed by atoms with Crippen LogP contribution in [-0.4, -0.2) is 17.8 Å². The van der Waals surface area contributed by atoms with Crippen LogP contribution in [-0.2, 0) is 10.9 Å². The Balaban J connectivity index is 1.76. The van der Waals surface area contributed by atoms with Crippen molar-refractivity contribution in [2.24, 2.45) is 5.92 Å². The minimum atomic E-state index is -4.44. The maximum atomic E-state index is 13.3. The summed E-state index contributed by atoms with van der Waals surface area (Å²) in [5.41, 5.74) is 1.14. The maximum absolute atomic E-state index is 13.3. The van der Waals surface area contributed by atoms with Gasteiger partial charge in [0, 0.05) is 17.2 Å². The molecule has 7 heteroatoms. The molecule has 2 heterocycles. The fourth-order valence-electron chi connectivity index (χ4n) is 4.07. The van der Waals surface area contributed by atoms with Crippen LogP contribution in [0.15, 0.2) is 42.5 Å². The molecule has 27 heavy (non-hydrogen) atoms. The Morgan fingerprint density at radius 3 is 2.48 bits per heavy atom. The molecule has 2 aliphatic heterocycles. The molecule has 0 radical (unpaired) electrons. The first kappa shape index (κ1) is 18.3. The lowest BCUT2D eigenvalue weighted by Crippen LogP contribution is -2.40. The Hall–Kier alpha value is -2.12. The Morgan fingerprint density at radius 1 is 1.07 bits per heavy atom. The summed E-state index contributed by atoms with van der Waals surface area (Å²) in [6, 6.07) is 9.47. The highest BCUT2D eigenvalue weighted by Gasteiger charge is 2.43. The quantitative estimate of drug-likeness (QED) is 0.732. The van der Waals surface area contributed by atoms with Crippen LogP contribution in [0.2, 0.25) is 0 Å². The van der Waals surface area contributed by atoms with Crippen LogP contribution in [0.1, 0.15) is 41.7 Å². The molecular weight excluding hydrogens is 362 g/mol. The van der Waals surface area contributed by atoms with Crippen molar-refractivity contribution in [2.75, 3.05) is 11.9 Å². The third-order valence-electron chi connectivity index (χ3n) is 5.41. The van der Waals surface area contributed by atoms with Gasteiger partial charge in [-0.2, -0.15) is 13.2 Å². The molecule has 0 saturated carbocycles. The lowest BCUT2D eigenvalue weighted by atomic mass is 9.76. The van der Waals surface area contributed by atoms with Crippen molar-refractivity contribution in [1.29, 1.82) is 0 Å². The highest BCUT2D eigenvalue weighted by molar-refractivity contribution is 5.58. The number of anilines is 1. The summed E-state index contributed by atoms with van der Waals surface area (Å²) in [5.74, 6) is -0.462. The van der Waals surface area contributed by atoms with E-state index in [2.05, 4.69) is 5.32 Å². The highest BCUT2D eigenvalue weighted by Crippen LogP contribution is 2.51. The normalized spacial score (nSPS) is 27.4. The summed E-state index contributed by atoms with van der Waals surface area (Å²) in [6.07, 6.45) is -4.11. The average Bonchev–Trinajstić information content (AvgIpc) is 2.66. The first-order valence-corrected chi connectivity index (χ1v) is 8.86. The molecule has 0 aromatic heterocycles. The summed E-state index contributed by atoms with van der Waals surface area (Å²) >= 11 is 0. The van der Waals surface area contributed by atoms with Crippen molar-refractivity contribution < 1.29 is 27.4 Å². The molecule has 0 amide bonds.